The van der Waals surface area contributed by atoms with E-state index in [2.05, 4.69) is 33.5 Å². The molecule has 0 bridgehead atoms. The van der Waals surface area contributed by atoms with Gasteiger partial charge >= 0.3 is 0 Å². The molecule has 1 aliphatic rings. The quantitative estimate of drug-likeness (QED) is 0.900. The zero-order valence-electron chi connectivity index (χ0n) is 11.6. The monoisotopic (exact) mass is 259 g/mol. The van der Waals surface area contributed by atoms with E-state index >= 15 is 0 Å². The number of rotatable bonds is 3. The number of nitrogens with zero attached hydrogens (tertiary/aromatic N) is 4. The van der Waals surface area contributed by atoms with E-state index in [1.165, 1.54) is 31.5 Å². The first-order valence-electron chi connectivity index (χ1n) is 6.93. The standard InChI is InChI=1S/C14H21N5/c1-11-7-14-16-9-12(10-19(14)17-11)8-15-13-3-5-18(2)6-4-13/h7,9-10,13,15H,3-6,8H2,1-2H3. The summed E-state index contributed by atoms with van der Waals surface area (Å²) in [4.78, 5) is 6.82. The maximum atomic E-state index is 4.43. The number of hydrogen-bond donors (Lipinski definition) is 1. The summed E-state index contributed by atoms with van der Waals surface area (Å²) in [5, 5.41) is 8.02. The normalized spacial score (nSPS) is 18.2. The molecule has 2 aromatic heterocycles. The topological polar surface area (TPSA) is 45.5 Å². The zero-order valence-corrected chi connectivity index (χ0v) is 11.6. The lowest BCUT2D eigenvalue weighted by atomic mass is 10.1. The van der Waals surface area contributed by atoms with Crippen LogP contribution in [0.25, 0.3) is 5.65 Å². The zero-order chi connectivity index (χ0) is 13.2. The van der Waals surface area contributed by atoms with Crippen molar-refractivity contribution in [1.82, 2.24) is 24.8 Å². The highest BCUT2D eigenvalue weighted by molar-refractivity contribution is 5.38. The molecule has 0 aromatic carbocycles. The van der Waals surface area contributed by atoms with Crippen molar-refractivity contribution in [3.05, 3.63) is 29.7 Å². The molecule has 0 aliphatic carbocycles. The van der Waals surface area contributed by atoms with Gasteiger partial charge in [-0.1, -0.05) is 0 Å². The van der Waals surface area contributed by atoms with Crippen LogP contribution < -0.4 is 5.32 Å². The van der Waals surface area contributed by atoms with E-state index in [1.807, 2.05) is 23.7 Å². The molecule has 0 amide bonds. The first-order valence-corrected chi connectivity index (χ1v) is 6.93. The van der Waals surface area contributed by atoms with Gasteiger partial charge in [-0.25, -0.2) is 9.50 Å². The summed E-state index contributed by atoms with van der Waals surface area (Å²) in [5.74, 6) is 0. The Morgan fingerprint density at radius 2 is 2.16 bits per heavy atom. The molecule has 1 saturated heterocycles. The van der Waals surface area contributed by atoms with Gasteiger partial charge in [0.1, 0.15) is 0 Å². The molecule has 1 fully saturated rings. The van der Waals surface area contributed by atoms with E-state index in [9.17, 15) is 0 Å². The van der Waals surface area contributed by atoms with E-state index in [0.717, 1.165) is 17.9 Å². The Labute approximate surface area is 113 Å². The van der Waals surface area contributed by atoms with Gasteiger partial charge in [0.25, 0.3) is 0 Å². The average molecular weight is 259 g/mol. The molecule has 2 aromatic rings. The summed E-state index contributed by atoms with van der Waals surface area (Å²) in [7, 11) is 2.19. The molecule has 5 nitrogen and oxygen atoms in total. The smallest absolute Gasteiger partial charge is 0.155 e. The minimum atomic E-state index is 0.631. The fraction of sp³-hybridized carbons (Fsp3) is 0.571. The third-order valence-electron chi connectivity index (χ3n) is 3.80. The van der Waals surface area contributed by atoms with Crippen molar-refractivity contribution in [1.29, 1.82) is 0 Å². The van der Waals surface area contributed by atoms with Crippen LogP contribution in [0.5, 0.6) is 0 Å². The predicted octanol–water partition coefficient (Wildman–Crippen LogP) is 1.22. The summed E-state index contributed by atoms with van der Waals surface area (Å²) < 4.78 is 1.86. The first kappa shape index (κ1) is 12.6. The van der Waals surface area contributed by atoms with Crippen LogP contribution in [0.4, 0.5) is 0 Å². The maximum absolute atomic E-state index is 4.43. The fourth-order valence-corrected chi connectivity index (χ4v) is 2.60. The molecule has 0 atom stereocenters. The molecule has 0 radical (unpaired) electrons. The SMILES string of the molecule is Cc1cc2ncc(CNC3CCN(C)CC3)cn2n1. The Morgan fingerprint density at radius 3 is 2.95 bits per heavy atom. The van der Waals surface area contributed by atoms with E-state index in [4.69, 9.17) is 0 Å². The highest BCUT2D eigenvalue weighted by Crippen LogP contribution is 2.10. The molecule has 5 heteroatoms. The maximum Gasteiger partial charge on any atom is 0.155 e. The minimum absolute atomic E-state index is 0.631. The summed E-state index contributed by atoms with van der Waals surface area (Å²) in [6.45, 7) is 5.24. The minimum Gasteiger partial charge on any atom is -0.310 e. The van der Waals surface area contributed by atoms with Gasteiger partial charge in [0.2, 0.25) is 0 Å². The van der Waals surface area contributed by atoms with Gasteiger partial charge < -0.3 is 10.2 Å². The predicted molar refractivity (Wildman–Crippen MR) is 75.1 cm³/mol. The van der Waals surface area contributed by atoms with Gasteiger partial charge in [0.05, 0.1) is 5.69 Å². The van der Waals surface area contributed by atoms with Gasteiger partial charge in [-0.05, 0) is 39.9 Å². The number of nitrogens with one attached hydrogen (secondary N) is 1. The van der Waals surface area contributed by atoms with Crippen LogP contribution in [0.15, 0.2) is 18.5 Å². The Balaban J connectivity index is 1.61. The Hall–Kier alpha value is -1.46. The van der Waals surface area contributed by atoms with Gasteiger partial charge in [0.15, 0.2) is 5.65 Å². The Morgan fingerprint density at radius 1 is 1.37 bits per heavy atom. The van der Waals surface area contributed by atoms with Crippen LogP contribution >= 0.6 is 0 Å². The van der Waals surface area contributed by atoms with E-state index in [-0.39, 0.29) is 0 Å². The van der Waals surface area contributed by atoms with Crippen molar-refractivity contribution < 1.29 is 0 Å². The van der Waals surface area contributed by atoms with Crippen molar-refractivity contribution in [3.8, 4) is 0 Å². The van der Waals surface area contributed by atoms with Gasteiger partial charge in [-0.2, -0.15) is 5.10 Å². The number of fused-ring (bicyclic) bond motifs is 1. The molecule has 3 rings (SSSR count). The van der Waals surface area contributed by atoms with Gasteiger partial charge in [-0.15, -0.1) is 0 Å². The lowest BCUT2D eigenvalue weighted by Crippen LogP contribution is -2.40. The molecule has 1 aliphatic heterocycles. The Kier molecular flexibility index (Phi) is 3.48. The van der Waals surface area contributed by atoms with Crippen LogP contribution in [0.3, 0.4) is 0 Å². The van der Waals surface area contributed by atoms with Crippen molar-refractivity contribution in [2.45, 2.75) is 32.4 Å². The second-order valence-electron chi connectivity index (χ2n) is 5.51. The molecule has 102 valence electrons. The second-order valence-corrected chi connectivity index (χ2v) is 5.51. The number of aromatic nitrogens is 3. The summed E-state index contributed by atoms with van der Waals surface area (Å²) in [6, 6.07) is 2.63. The molecule has 0 unspecified atom stereocenters. The molecule has 0 spiro atoms. The number of piperidine rings is 1. The van der Waals surface area contributed by atoms with Crippen LogP contribution in [0, 0.1) is 6.92 Å². The molecular formula is C14H21N5. The Bertz CT molecular complexity index is 554. The highest BCUT2D eigenvalue weighted by atomic mass is 15.2. The largest absolute Gasteiger partial charge is 0.310 e. The first-order chi connectivity index (χ1) is 9.20. The summed E-state index contributed by atoms with van der Waals surface area (Å²) in [5.41, 5.74) is 3.11. The second kappa shape index (κ2) is 5.27. The van der Waals surface area contributed by atoms with Crippen LogP contribution in [-0.2, 0) is 6.54 Å². The lowest BCUT2D eigenvalue weighted by Gasteiger charge is -2.29. The summed E-state index contributed by atoms with van der Waals surface area (Å²) in [6.07, 6.45) is 6.47. The van der Waals surface area contributed by atoms with E-state index in [1.54, 1.807) is 0 Å². The van der Waals surface area contributed by atoms with Crippen LogP contribution in [0.1, 0.15) is 24.1 Å². The lowest BCUT2D eigenvalue weighted by molar-refractivity contribution is 0.234. The van der Waals surface area contributed by atoms with E-state index in [0.29, 0.717) is 6.04 Å². The highest BCUT2D eigenvalue weighted by Gasteiger charge is 2.15. The van der Waals surface area contributed by atoms with Crippen LogP contribution in [0.2, 0.25) is 0 Å². The van der Waals surface area contributed by atoms with Crippen molar-refractivity contribution in [2.24, 2.45) is 0 Å². The van der Waals surface area contributed by atoms with Crippen molar-refractivity contribution in [3.63, 3.8) is 0 Å². The number of hydrogen-bond acceptors (Lipinski definition) is 4. The molecular weight excluding hydrogens is 238 g/mol. The third kappa shape index (κ3) is 2.93. The van der Waals surface area contributed by atoms with Crippen LogP contribution in [-0.4, -0.2) is 45.7 Å². The molecule has 0 saturated carbocycles. The van der Waals surface area contributed by atoms with Crippen molar-refractivity contribution >= 4 is 5.65 Å². The van der Waals surface area contributed by atoms with Gasteiger partial charge in [0, 0.05) is 36.6 Å². The summed E-state index contributed by atoms with van der Waals surface area (Å²) >= 11 is 0. The number of aryl methyl sites for hydroxylation is 1. The number of likely N-dealkylation sites (tertiary alicyclic amines) is 1. The third-order valence-corrected chi connectivity index (χ3v) is 3.80. The van der Waals surface area contributed by atoms with Gasteiger partial charge in [-0.3, -0.25) is 0 Å². The average Bonchev–Trinajstić information content (AvgIpc) is 2.77. The molecule has 1 N–H and O–H groups in total. The fourth-order valence-electron chi connectivity index (χ4n) is 2.60. The van der Waals surface area contributed by atoms with E-state index < -0.39 is 0 Å². The van der Waals surface area contributed by atoms with Crippen molar-refractivity contribution in [2.75, 3.05) is 20.1 Å². The molecule has 19 heavy (non-hydrogen) atoms. The molecule has 3 heterocycles.